The lowest BCUT2D eigenvalue weighted by molar-refractivity contribution is 0.521. The summed E-state index contributed by atoms with van der Waals surface area (Å²) in [5.74, 6) is 5.66. The van der Waals surface area contributed by atoms with Crippen LogP contribution in [0.5, 0.6) is 0 Å². The Kier molecular flexibility index (Phi) is 4.30. The molecule has 18 heavy (non-hydrogen) atoms. The molecule has 0 aromatic carbocycles. The van der Waals surface area contributed by atoms with Crippen molar-refractivity contribution in [3.8, 4) is 0 Å². The number of nitrogens with zero attached hydrogens (tertiary/aromatic N) is 3. The first-order valence-corrected chi connectivity index (χ1v) is 6.23. The molecule has 0 aliphatic rings. The van der Waals surface area contributed by atoms with Gasteiger partial charge in [-0.25, -0.2) is 10.4 Å². The highest BCUT2D eigenvalue weighted by molar-refractivity contribution is 6.29. The van der Waals surface area contributed by atoms with Gasteiger partial charge in [-0.2, -0.15) is 5.10 Å². The molecule has 0 saturated carbocycles. The third-order valence-corrected chi connectivity index (χ3v) is 2.94. The Balaban J connectivity index is 2.36. The van der Waals surface area contributed by atoms with E-state index in [-0.39, 0.29) is 6.04 Å². The van der Waals surface area contributed by atoms with E-state index < -0.39 is 0 Å². The molecule has 2 aromatic heterocycles. The predicted molar refractivity (Wildman–Crippen MR) is 70.9 cm³/mol. The Morgan fingerprint density at radius 1 is 1.44 bits per heavy atom. The van der Waals surface area contributed by atoms with Crippen LogP contribution in [-0.2, 0) is 6.54 Å². The van der Waals surface area contributed by atoms with Gasteiger partial charge in [0.15, 0.2) is 0 Å². The molecule has 5 nitrogen and oxygen atoms in total. The second-order valence-corrected chi connectivity index (χ2v) is 4.38. The molecular formula is C12H16ClN5. The van der Waals surface area contributed by atoms with Crippen LogP contribution in [0.4, 0.5) is 0 Å². The summed E-state index contributed by atoms with van der Waals surface area (Å²) in [5, 5.41) is 4.75. The molecule has 0 bridgehead atoms. The smallest absolute Gasteiger partial charge is 0.129 e. The number of nitrogens with two attached hydrogens (primary N) is 1. The Morgan fingerprint density at radius 2 is 2.28 bits per heavy atom. The summed E-state index contributed by atoms with van der Waals surface area (Å²) in [6.07, 6.45) is 4.46. The molecule has 0 aliphatic heterocycles. The van der Waals surface area contributed by atoms with Crippen molar-refractivity contribution >= 4 is 11.6 Å². The highest BCUT2D eigenvalue weighted by Crippen LogP contribution is 2.22. The van der Waals surface area contributed by atoms with Crippen LogP contribution in [0, 0.1) is 0 Å². The maximum atomic E-state index is 5.91. The second kappa shape index (κ2) is 5.95. The number of halogens is 1. The summed E-state index contributed by atoms with van der Waals surface area (Å²) in [5.41, 5.74) is 4.78. The lowest BCUT2D eigenvalue weighted by Gasteiger charge is -2.18. The maximum Gasteiger partial charge on any atom is 0.129 e. The van der Waals surface area contributed by atoms with Crippen LogP contribution < -0.4 is 11.3 Å². The molecule has 0 aliphatic carbocycles. The highest BCUT2D eigenvalue weighted by atomic mass is 35.5. The van der Waals surface area contributed by atoms with Crippen molar-refractivity contribution < 1.29 is 0 Å². The lowest BCUT2D eigenvalue weighted by Crippen LogP contribution is -2.30. The standard InChI is InChI=1S/C12H16ClN5/c1-2-7-18-10(4-6-16-18)12(17-14)9-3-5-15-11(13)8-9/h3-6,8,12,17H,2,7,14H2,1H3. The summed E-state index contributed by atoms with van der Waals surface area (Å²) < 4.78 is 1.94. The van der Waals surface area contributed by atoms with Gasteiger partial charge in [-0.15, -0.1) is 0 Å². The van der Waals surface area contributed by atoms with E-state index in [1.807, 2.05) is 16.8 Å². The fourth-order valence-electron chi connectivity index (χ4n) is 1.94. The first kappa shape index (κ1) is 13.0. The molecule has 1 unspecified atom stereocenters. The monoisotopic (exact) mass is 265 g/mol. The summed E-state index contributed by atoms with van der Waals surface area (Å²) in [7, 11) is 0. The third kappa shape index (κ3) is 2.69. The molecule has 0 fully saturated rings. The van der Waals surface area contributed by atoms with Gasteiger partial charge in [0.25, 0.3) is 0 Å². The number of pyridine rings is 1. The molecular weight excluding hydrogens is 250 g/mol. The predicted octanol–water partition coefficient (Wildman–Crippen LogP) is 1.89. The summed E-state index contributed by atoms with van der Waals surface area (Å²) in [4.78, 5) is 3.97. The number of hydrogen-bond donors (Lipinski definition) is 2. The number of aryl methyl sites for hydroxylation is 1. The molecule has 0 amide bonds. The molecule has 2 heterocycles. The number of aromatic nitrogens is 3. The lowest BCUT2D eigenvalue weighted by atomic mass is 10.1. The summed E-state index contributed by atoms with van der Waals surface area (Å²) in [6, 6.07) is 5.50. The van der Waals surface area contributed by atoms with Crippen LogP contribution in [0.15, 0.2) is 30.6 Å². The van der Waals surface area contributed by atoms with Gasteiger partial charge < -0.3 is 0 Å². The fourth-order valence-corrected chi connectivity index (χ4v) is 2.12. The van der Waals surface area contributed by atoms with E-state index in [9.17, 15) is 0 Å². The zero-order valence-corrected chi connectivity index (χ0v) is 10.9. The van der Waals surface area contributed by atoms with E-state index in [2.05, 4.69) is 22.4 Å². The molecule has 2 rings (SSSR count). The van der Waals surface area contributed by atoms with E-state index in [4.69, 9.17) is 17.4 Å². The SMILES string of the molecule is CCCn1nccc1C(NN)c1ccnc(Cl)c1. The normalized spacial score (nSPS) is 12.6. The summed E-state index contributed by atoms with van der Waals surface area (Å²) >= 11 is 5.91. The van der Waals surface area contributed by atoms with Crippen LogP contribution in [0.2, 0.25) is 5.15 Å². The molecule has 6 heteroatoms. The average Bonchev–Trinajstić information content (AvgIpc) is 2.79. The molecule has 0 spiro atoms. The van der Waals surface area contributed by atoms with Crippen LogP contribution in [0.25, 0.3) is 0 Å². The topological polar surface area (TPSA) is 68.8 Å². The Hall–Kier alpha value is -1.43. The third-order valence-electron chi connectivity index (χ3n) is 2.73. The molecule has 0 radical (unpaired) electrons. The zero-order valence-electron chi connectivity index (χ0n) is 10.2. The zero-order chi connectivity index (χ0) is 13.0. The van der Waals surface area contributed by atoms with E-state index in [0.717, 1.165) is 24.2 Å². The first-order chi connectivity index (χ1) is 8.76. The van der Waals surface area contributed by atoms with E-state index in [1.165, 1.54) is 0 Å². The van der Waals surface area contributed by atoms with Crippen molar-refractivity contribution in [1.82, 2.24) is 20.2 Å². The van der Waals surface area contributed by atoms with Crippen molar-refractivity contribution in [2.24, 2.45) is 5.84 Å². The van der Waals surface area contributed by atoms with E-state index in [1.54, 1.807) is 18.5 Å². The number of nitrogens with one attached hydrogen (secondary N) is 1. The minimum Gasteiger partial charge on any atom is -0.271 e. The molecule has 3 N–H and O–H groups in total. The number of hydrogen-bond acceptors (Lipinski definition) is 4. The minimum atomic E-state index is -0.139. The van der Waals surface area contributed by atoms with Crippen molar-refractivity contribution in [2.75, 3.05) is 0 Å². The van der Waals surface area contributed by atoms with Crippen LogP contribution in [-0.4, -0.2) is 14.8 Å². The Labute approximate surface area is 111 Å². The summed E-state index contributed by atoms with van der Waals surface area (Å²) in [6.45, 7) is 2.97. The van der Waals surface area contributed by atoms with Gasteiger partial charge in [-0.1, -0.05) is 18.5 Å². The van der Waals surface area contributed by atoms with E-state index in [0.29, 0.717) is 5.15 Å². The highest BCUT2D eigenvalue weighted by Gasteiger charge is 2.17. The van der Waals surface area contributed by atoms with Crippen molar-refractivity contribution in [3.05, 3.63) is 47.0 Å². The fraction of sp³-hybridized carbons (Fsp3) is 0.333. The van der Waals surface area contributed by atoms with Crippen LogP contribution in [0.3, 0.4) is 0 Å². The second-order valence-electron chi connectivity index (χ2n) is 3.99. The van der Waals surface area contributed by atoms with Gasteiger partial charge in [0.05, 0.1) is 11.7 Å². The van der Waals surface area contributed by atoms with Crippen LogP contribution >= 0.6 is 11.6 Å². The largest absolute Gasteiger partial charge is 0.271 e. The molecule has 1 atom stereocenters. The maximum absolute atomic E-state index is 5.91. The number of rotatable bonds is 5. The average molecular weight is 266 g/mol. The van der Waals surface area contributed by atoms with Crippen LogP contribution in [0.1, 0.15) is 30.6 Å². The van der Waals surface area contributed by atoms with Gasteiger partial charge in [-0.05, 0) is 30.2 Å². The molecule has 2 aromatic rings. The van der Waals surface area contributed by atoms with Crippen molar-refractivity contribution in [1.29, 1.82) is 0 Å². The number of hydrazine groups is 1. The molecule has 96 valence electrons. The minimum absolute atomic E-state index is 0.139. The van der Waals surface area contributed by atoms with Crippen molar-refractivity contribution in [2.45, 2.75) is 25.9 Å². The van der Waals surface area contributed by atoms with E-state index >= 15 is 0 Å². The molecule has 0 saturated heterocycles. The Bertz CT molecular complexity index is 511. The van der Waals surface area contributed by atoms with Gasteiger partial charge >= 0.3 is 0 Å². The van der Waals surface area contributed by atoms with Gasteiger partial charge in [-0.3, -0.25) is 10.5 Å². The Morgan fingerprint density at radius 3 is 2.94 bits per heavy atom. The van der Waals surface area contributed by atoms with Gasteiger partial charge in [0, 0.05) is 18.9 Å². The van der Waals surface area contributed by atoms with Gasteiger partial charge in [0.2, 0.25) is 0 Å². The van der Waals surface area contributed by atoms with Gasteiger partial charge in [0.1, 0.15) is 5.15 Å². The quantitative estimate of drug-likeness (QED) is 0.492. The van der Waals surface area contributed by atoms with Crippen molar-refractivity contribution in [3.63, 3.8) is 0 Å². The first-order valence-electron chi connectivity index (χ1n) is 5.85.